The number of carbonyl (C=O) groups is 1. The predicted molar refractivity (Wildman–Crippen MR) is 113 cm³/mol. The minimum Gasteiger partial charge on any atom is -0.459 e. The van der Waals surface area contributed by atoms with Crippen LogP contribution in [0.15, 0.2) is 91.0 Å². The summed E-state index contributed by atoms with van der Waals surface area (Å²) in [5, 5.41) is 0. The average molecular weight is 390 g/mol. The molecule has 4 rings (SSSR count). The van der Waals surface area contributed by atoms with Gasteiger partial charge < -0.3 is 9.47 Å². The second-order valence-corrected chi connectivity index (χ2v) is 7.40. The van der Waals surface area contributed by atoms with E-state index in [-0.39, 0.29) is 6.61 Å². The molecule has 29 heavy (non-hydrogen) atoms. The van der Waals surface area contributed by atoms with Crippen LogP contribution in [0.4, 0.5) is 0 Å². The van der Waals surface area contributed by atoms with Crippen molar-refractivity contribution in [2.24, 2.45) is 11.8 Å². The van der Waals surface area contributed by atoms with E-state index in [0.29, 0.717) is 0 Å². The van der Waals surface area contributed by atoms with Crippen LogP contribution in [0.2, 0.25) is 0 Å². The van der Waals surface area contributed by atoms with Crippen molar-refractivity contribution in [3.63, 3.8) is 0 Å². The summed E-state index contributed by atoms with van der Waals surface area (Å²) in [6.45, 7) is -0.593. The van der Waals surface area contributed by atoms with Crippen molar-refractivity contribution in [1.29, 1.82) is 0 Å². The van der Waals surface area contributed by atoms with Gasteiger partial charge in [0.1, 0.15) is 11.7 Å². The first-order valence-corrected chi connectivity index (χ1v) is 9.85. The SMILES string of the molecule is [2H]C([2H])([2H])[C@H]1C(=O)O[C@H](COC(c2ccccc2)(c2ccccc2)c2ccccc2)[C@H]1C. The molecule has 3 aromatic carbocycles. The van der Waals surface area contributed by atoms with Crippen LogP contribution in [0.1, 0.15) is 34.6 Å². The Hall–Kier alpha value is -2.91. The number of ether oxygens (including phenoxy) is 2. The second kappa shape index (κ2) is 8.22. The van der Waals surface area contributed by atoms with Crippen LogP contribution in [-0.4, -0.2) is 18.7 Å². The first-order valence-electron chi connectivity index (χ1n) is 11.3. The Labute approximate surface area is 176 Å². The molecule has 0 amide bonds. The normalized spacial score (nSPS) is 23.7. The largest absolute Gasteiger partial charge is 0.459 e. The minimum absolute atomic E-state index is 0.0676. The number of hydrogen-bond acceptors (Lipinski definition) is 3. The van der Waals surface area contributed by atoms with E-state index < -0.39 is 36.4 Å². The summed E-state index contributed by atoms with van der Waals surface area (Å²) in [5.41, 5.74) is 1.85. The van der Waals surface area contributed by atoms with Crippen LogP contribution in [0, 0.1) is 11.8 Å². The highest BCUT2D eigenvalue weighted by atomic mass is 16.6. The number of benzene rings is 3. The smallest absolute Gasteiger partial charge is 0.309 e. The van der Waals surface area contributed by atoms with Gasteiger partial charge in [-0.3, -0.25) is 4.79 Å². The molecule has 3 nitrogen and oxygen atoms in total. The van der Waals surface area contributed by atoms with Crippen molar-refractivity contribution in [2.45, 2.75) is 25.5 Å². The Morgan fingerprint density at radius 3 is 1.69 bits per heavy atom. The van der Waals surface area contributed by atoms with Crippen LogP contribution in [-0.2, 0) is 19.9 Å². The van der Waals surface area contributed by atoms with Gasteiger partial charge in [-0.15, -0.1) is 0 Å². The van der Waals surface area contributed by atoms with Gasteiger partial charge in [0.25, 0.3) is 0 Å². The molecule has 0 aliphatic carbocycles. The van der Waals surface area contributed by atoms with E-state index >= 15 is 0 Å². The van der Waals surface area contributed by atoms with E-state index in [1.807, 2.05) is 91.0 Å². The lowest BCUT2D eigenvalue weighted by Crippen LogP contribution is -2.36. The molecule has 3 atom stereocenters. The monoisotopic (exact) mass is 389 g/mol. The molecule has 0 N–H and O–H groups in total. The number of cyclic esters (lactones) is 1. The van der Waals surface area contributed by atoms with Crippen molar-refractivity contribution in [3.8, 4) is 0 Å². The fourth-order valence-electron chi connectivity index (χ4n) is 3.92. The highest BCUT2D eigenvalue weighted by molar-refractivity contribution is 5.74. The molecule has 0 aromatic heterocycles. The van der Waals surface area contributed by atoms with E-state index in [0.717, 1.165) is 16.7 Å². The van der Waals surface area contributed by atoms with Crippen molar-refractivity contribution < 1.29 is 18.4 Å². The molecular weight excluding hydrogens is 360 g/mol. The van der Waals surface area contributed by atoms with E-state index in [2.05, 4.69) is 0 Å². The predicted octanol–water partition coefficient (Wildman–Crippen LogP) is 5.19. The quantitative estimate of drug-likeness (QED) is 0.430. The Balaban J connectivity index is 1.77. The number of hydrogen-bond donors (Lipinski definition) is 0. The van der Waals surface area contributed by atoms with Crippen LogP contribution in [0.3, 0.4) is 0 Å². The van der Waals surface area contributed by atoms with Gasteiger partial charge in [0.05, 0.1) is 12.5 Å². The number of rotatable bonds is 6. The molecule has 1 saturated heterocycles. The molecule has 3 heteroatoms. The van der Waals surface area contributed by atoms with Gasteiger partial charge in [-0.25, -0.2) is 0 Å². The first kappa shape index (κ1) is 15.9. The lowest BCUT2D eigenvalue weighted by atomic mass is 9.80. The zero-order valence-corrected chi connectivity index (χ0v) is 16.3. The van der Waals surface area contributed by atoms with Crippen LogP contribution >= 0.6 is 0 Å². The van der Waals surface area contributed by atoms with Gasteiger partial charge in [-0.2, -0.15) is 0 Å². The highest BCUT2D eigenvalue weighted by Gasteiger charge is 2.43. The Morgan fingerprint density at radius 2 is 1.31 bits per heavy atom. The Bertz CT molecular complexity index is 940. The Morgan fingerprint density at radius 1 is 0.862 bits per heavy atom. The van der Waals surface area contributed by atoms with Gasteiger partial charge in [0.15, 0.2) is 0 Å². The maximum atomic E-state index is 12.3. The van der Waals surface area contributed by atoms with Gasteiger partial charge in [0.2, 0.25) is 0 Å². The summed E-state index contributed by atoms with van der Waals surface area (Å²) < 4.78 is 35.4. The summed E-state index contributed by atoms with van der Waals surface area (Å²) in [7, 11) is 0. The molecule has 1 fully saturated rings. The average Bonchev–Trinajstić information content (AvgIpc) is 3.10. The van der Waals surface area contributed by atoms with Gasteiger partial charge in [-0.1, -0.05) is 105 Å². The minimum atomic E-state index is -2.40. The molecule has 3 aromatic rings. The molecule has 0 unspecified atom stereocenters. The first-order chi connectivity index (χ1) is 15.3. The molecule has 0 bridgehead atoms. The maximum Gasteiger partial charge on any atom is 0.309 e. The maximum absolute atomic E-state index is 12.3. The lowest BCUT2D eigenvalue weighted by molar-refractivity contribution is -0.147. The molecule has 0 spiro atoms. The zero-order valence-electron chi connectivity index (χ0n) is 19.3. The third-order valence-corrected chi connectivity index (χ3v) is 5.64. The topological polar surface area (TPSA) is 35.5 Å². The second-order valence-electron chi connectivity index (χ2n) is 7.40. The van der Waals surface area contributed by atoms with Gasteiger partial charge in [-0.05, 0) is 16.7 Å². The molecule has 148 valence electrons. The van der Waals surface area contributed by atoms with E-state index in [4.69, 9.17) is 13.6 Å². The van der Waals surface area contributed by atoms with E-state index in [1.54, 1.807) is 6.92 Å². The molecule has 1 heterocycles. The molecule has 0 saturated carbocycles. The third kappa shape index (κ3) is 3.58. The summed E-state index contributed by atoms with van der Waals surface area (Å²) in [6.07, 6.45) is -0.650. The third-order valence-electron chi connectivity index (χ3n) is 5.64. The van der Waals surface area contributed by atoms with Crippen molar-refractivity contribution >= 4 is 5.97 Å². The summed E-state index contributed by atoms with van der Waals surface area (Å²) in [4.78, 5) is 12.3. The van der Waals surface area contributed by atoms with E-state index in [9.17, 15) is 4.79 Å². The summed E-state index contributed by atoms with van der Waals surface area (Å²) >= 11 is 0. The number of esters is 1. The van der Waals surface area contributed by atoms with Crippen molar-refractivity contribution in [1.82, 2.24) is 0 Å². The highest BCUT2D eigenvalue weighted by Crippen LogP contribution is 2.41. The fraction of sp³-hybridized carbons (Fsp3) is 0.269. The molecular formula is C26H26O3. The molecule has 1 aliphatic heterocycles. The van der Waals surface area contributed by atoms with Crippen molar-refractivity contribution in [2.75, 3.05) is 6.61 Å². The van der Waals surface area contributed by atoms with Crippen LogP contribution in [0.5, 0.6) is 0 Å². The molecule has 0 radical (unpaired) electrons. The zero-order chi connectivity index (χ0) is 22.8. The standard InChI is InChI=1S/C26H26O3/c1-19-20(2)25(27)29-24(19)18-28-26(21-12-6-3-7-13-21,22-14-8-4-9-15-22)23-16-10-5-11-17-23/h3-17,19-20,24H,18H2,1-2H3/t19-,20+,24+/m0/s1/i2D3. The molecule has 1 aliphatic rings. The van der Waals surface area contributed by atoms with Gasteiger partial charge in [0, 0.05) is 10.0 Å². The van der Waals surface area contributed by atoms with Crippen LogP contribution < -0.4 is 0 Å². The van der Waals surface area contributed by atoms with E-state index in [1.165, 1.54) is 0 Å². The lowest BCUT2D eigenvalue weighted by Gasteiger charge is -2.37. The van der Waals surface area contributed by atoms with Gasteiger partial charge >= 0.3 is 5.97 Å². The fourth-order valence-corrected chi connectivity index (χ4v) is 3.92. The van der Waals surface area contributed by atoms with Crippen molar-refractivity contribution in [3.05, 3.63) is 108 Å². The number of carbonyl (C=O) groups excluding carboxylic acids is 1. The summed E-state index contributed by atoms with van der Waals surface area (Å²) in [6, 6.07) is 29.7. The van der Waals surface area contributed by atoms with Crippen LogP contribution in [0.25, 0.3) is 0 Å². The Kier molecular flexibility index (Phi) is 4.52. The summed E-state index contributed by atoms with van der Waals surface area (Å²) in [5.74, 6) is -2.32.